The molecule has 0 unspecified atom stereocenters. The number of fused-ring (bicyclic) bond motifs is 2. The van der Waals surface area contributed by atoms with Gasteiger partial charge in [-0.1, -0.05) is 24.3 Å². The molecule has 1 aromatic heterocycles. The van der Waals surface area contributed by atoms with Gasteiger partial charge >= 0.3 is 0 Å². The zero-order valence-corrected chi connectivity index (χ0v) is 14.8. The third kappa shape index (κ3) is 2.68. The molecular weight excluding hydrogens is 353 g/mol. The summed E-state index contributed by atoms with van der Waals surface area (Å²) < 4.78 is 13.5. The molecule has 1 aliphatic rings. The maximum absolute atomic E-state index is 13.5. The molecule has 1 aliphatic heterocycles. The van der Waals surface area contributed by atoms with E-state index < -0.39 is 6.17 Å². The topological polar surface area (TPSA) is 45.2 Å². The largest absolute Gasteiger partial charge is 0.360 e. The lowest BCUT2D eigenvalue weighted by molar-refractivity contribution is 0.0975. The van der Waals surface area contributed by atoms with E-state index in [1.165, 1.54) is 12.1 Å². The summed E-state index contributed by atoms with van der Waals surface area (Å²) in [5.74, 6) is -0.466. The quantitative estimate of drug-likeness (QED) is 0.532. The summed E-state index contributed by atoms with van der Waals surface area (Å²) in [6.07, 6.45) is 1.34. The molecule has 0 fully saturated rings. The van der Waals surface area contributed by atoms with Crippen molar-refractivity contribution in [3.63, 3.8) is 0 Å². The SMILES string of the molecule is O=C1c2ccccc2N[C@@H](c2ccc3ncccc3c2)N1c1ccc(F)cc1. The fourth-order valence-corrected chi connectivity index (χ4v) is 3.62. The molecule has 5 heteroatoms. The number of nitrogens with one attached hydrogen (secondary N) is 1. The number of benzene rings is 3. The van der Waals surface area contributed by atoms with Gasteiger partial charge in [0.15, 0.2) is 0 Å². The average Bonchev–Trinajstić information content (AvgIpc) is 2.74. The van der Waals surface area contributed by atoms with Gasteiger partial charge in [-0.3, -0.25) is 14.7 Å². The van der Waals surface area contributed by atoms with Gasteiger partial charge in [-0.2, -0.15) is 0 Å². The number of rotatable bonds is 2. The average molecular weight is 369 g/mol. The molecule has 0 bridgehead atoms. The third-order valence-electron chi connectivity index (χ3n) is 4.97. The first-order chi connectivity index (χ1) is 13.7. The van der Waals surface area contributed by atoms with Crippen molar-refractivity contribution in [2.45, 2.75) is 6.17 Å². The number of para-hydroxylation sites is 1. The molecular formula is C23H16FN3O. The standard InChI is InChI=1S/C23H16FN3O/c24-17-8-10-18(11-9-17)27-22(26-21-6-2-1-5-19(21)23(27)28)16-7-12-20-15(14-16)4-3-13-25-20/h1-14,22,26H/t22-/m1/s1. The Labute approximate surface area is 161 Å². The second-order valence-electron chi connectivity index (χ2n) is 6.70. The fourth-order valence-electron chi connectivity index (χ4n) is 3.62. The van der Waals surface area contributed by atoms with E-state index in [1.807, 2.05) is 48.5 Å². The first-order valence-electron chi connectivity index (χ1n) is 9.00. The number of aromatic nitrogens is 1. The molecule has 0 spiro atoms. The summed E-state index contributed by atoms with van der Waals surface area (Å²) in [5.41, 5.74) is 3.81. The molecule has 5 rings (SSSR count). The zero-order chi connectivity index (χ0) is 19.1. The summed E-state index contributed by atoms with van der Waals surface area (Å²) in [5, 5.41) is 4.46. The summed E-state index contributed by atoms with van der Waals surface area (Å²) in [6.45, 7) is 0. The van der Waals surface area contributed by atoms with Crippen LogP contribution in [-0.2, 0) is 0 Å². The van der Waals surface area contributed by atoms with Crippen molar-refractivity contribution in [2.75, 3.05) is 10.2 Å². The van der Waals surface area contributed by atoms with Crippen LogP contribution in [0.15, 0.2) is 85.1 Å². The van der Waals surface area contributed by atoms with E-state index in [-0.39, 0.29) is 11.7 Å². The van der Waals surface area contributed by atoms with Crippen LogP contribution in [-0.4, -0.2) is 10.9 Å². The number of anilines is 2. The van der Waals surface area contributed by atoms with Crippen molar-refractivity contribution in [1.82, 2.24) is 4.98 Å². The van der Waals surface area contributed by atoms with Gasteiger partial charge in [0, 0.05) is 23.0 Å². The van der Waals surface area contributed by atoms with Crippen LogP contribution < -0.4 is 10.2 Å². The Bertz CT molecular complexity index is 1190. The van der Waals surface area contributed by atoms with E-state index in [4.69, 9.17) is 0 Å². The van der Waals surface area contributed by atoms with Gasteiger partial charge < -0.3 is 5.32 Å². The van der Waals surface area contributed by atoms with Gasteiger partial charge in [0.2, 0.25) is 0 Å². The Morgan fingerprint density at radius 3 is 2.61 bits per heavy atom. The lowest BCUT2D eigenvalue weighted by Gasteiger charge is -2.38. The van der Waals surface area contributed by atoms with E-state index in [2.05, 4.69) is 10.3 Å². The highest BCUT2D eigenvalue weighted by Crippen LogP contribution is 2.37. The third-order valence-corrected chi connectivity index (χ3v) is 4.97. The van der Waals surface area contributed by atoms with Gasteiger partial charge in [-0.25, -0.2) is 4.39 Å². The van der Waals surface area contributed by atoms with Crippen LogP contribution in [0.25, 0.3) is 10.9 Å². The van der Waals surface area contributed by atoms with Gasteiger partial charge in [-0.15, -0.1) is 0 Å². The predicted molar refractivity (Wildman–Crippen MR) is 108 cm³/mol. The van der Waals surface area contributed by atoms with Crippen molar-refractivity contribution >= 4 is 28.2 Å². The summed E-state index contributed by atoms with van der Waals surface area (Å²) >= 11 is 0. The molecule has 0 aliphatic carbocycles. The van der Waals surface area contributed by atoms with Gasteiger partial charge in [-0.05, 0) is 60.2 Å². The zero-order valence-electron chi connectivity index (χ0n) is 14.8. The number of halogens is 1. The number of carbonyl (C=O) groups excluding carboxylic acids is 1. The Hall–Kier alpha value is -3.73. The molecule has 4 aromatic rings. The molecule has 1 amide bonds. The minimum absolute atomic E-state index is 0.128. The number of hydrogen-bond acceptors (Lipinski definition) is 3. The van der Waals surface area contributed by atoms with E-state index >= 15 is 0 Å². The Morgan fingerprint density at radius 1 is 0.929 bits per heavy atom. The molecule has 136 valence electrons. The molecule has 0 saturated carbocycles. The van der Waals surface area contributed by atoms with Crippen molar-refractivity contribution in [1.29, 1.82) is 0 Å². The van der Waals surface area contributed by atoms with Gasteiger partial charge in [0.05, 0.1) is 11.1 Å². The van der Waals surface area contributed by atoms with Crippen molar-refractivity contribution in [3.05, 3.63) is 102 Å². The normalized spacial score (nSPS) is 16.0. The maximum atomic E-state index is 13.5. The van der Waals surface area contributed by atoms with E-state index in [1.54, 1.807) is 29.3 Å². The first kappa shape index (κ1) is 16.4. The molecule has 3 aromatic carbocycles. The van der Waals surface area contributed by atoms with Crippen molar-refractivity contribution in [2.24, 2.45) is 0 Å². The Morgan fingerprint density at radius 2 is 1.75 bits per heavy atom. The Balaban J connectivity index is 1.67. The van der Waals surface area contributed by atoms with E-state index in [0.29, 0.717) is 11.3 Å². The number of pyridine rings is 1. The van der Waals surface area contributed by atoms with E-state index in [0.717, 1.165) is 22.2 Å². The van der Waals surface area contributed by atoms with Crippen LogP contribution in [0.2, 0.25) is 0 Å². The molecule has 4 nitrogen and oxygen atoms in total. The number of amides is 1. The number of carbonyl (C=O) groups is 1. The molecule has 1 N–H and O–H groups in total. The van der Waals surface area contributed by atoms with E-state index in [9.17, 15) is 9.18 Å². The van der Waals surface area contributed by atoms with Gasteiger partial charge in [0.1, 0.15) is 12.0 Å². The van der Waals surface area contributed by atoms with Crippen LogP contribution in [0, 0.1) is 5.82 Å². The monoisotopic (exact) mass is 369 g/mol. The summed E-state index contributed by atoms with van der Waals surface area (Å²) in [7, 11) is 0. The fraction of sp³-hybridized carbons (Fsp3) is 0.0435. The lowest BCUT2D eigenvalue weighted by Crippen LogP contribution is -2.43. The second-order valence-corrected chi connectivity index (χ2v) is 6.70. The molecule has 28 heavy (non-hydrogen) atoms. The molecule has 2 heterocycles. The molecule has 0 radical (unpaired) electrons. The lowest BCUT2D eigenvalue weighted by atomic mass is 10.0. The van der Waals surface area contributed by atoms with Crippen LogP contribution in [0.1, 0.15) is 22.1 Å². The molecule has 1 atom stereocenters. The van der Waals surface area contributed by atoms with Crippen LogP contribution in [0.4, 0.5) is 15.8 Å². The van der Waals surface area contributed by atoms with Crippen LogP contribution >= 0.6 is 0 Å². The van der Waals surface area contributed by atoms with Crippen LogP contribution in [0.5, 0.6) is 0 Å². The van der Waals surface area contributed by atoms with Crippen LogP contribution in [0.3, 0.4) is 0 Å². The Kier molecular flexibility index (Phi) is 3.79. The first-order valence-corrected chi connectivity index (χ1v) is 9.00. The second kappa shape index (κ2) is 6.46. The van der Waals surface area contributed by atoms with Crippen molar-refractivity contribution < 1.29 is 9.18 Å². The number of nitrogens with zero attached hydrogens (tertiary/aromatic N) is 2. The smallest absolute Gasteiger partial charge is 0.262 e. The van der Waals surface area contributed by atoms with Gasteiger partial charge in [0.25, 0.3) is 5.91 Å². The molecule has 0 saturated heterocycles. The predicted octanol–water partition coefficient (Wildman–Crippen LogP) is 5.15. The van der Waals surface area contributed by atoms with Crippen molar-refractivity contribution in [3.8, 4) is 0 Å². The minimum atomic E-state index is -0.419. The number of hydrogen-bond donors (Lipinski definition) is 1. The summed E-state index contributed by atoms with van der Waals surface area (Å²) in [4.78, 5) is 19.4. The highest BCUT2D eigenvalue weighted by atomic mass is 19.1. The summed E-state index contributed by atoms with van der Waals surface area (Å²) in [6, 6.07) is 23.2. The highest BCUT2D eigenvalue weighted by Gasteiger charge is 2.34. The highest BCUT2D eigenvalue weighted by molar-refractivity contribution is 6.12. The maximum Gasteiger partial charge on any atom is 0.262 e. The minimum Gasteiger partial charge on any atom is -0.360 e.